The van der Waals surface area contributed by atoms with E-state index in [4.69, 9.17) is 5.84 Å². The first-order chi connectivity index (χ1) is 8.71. The number of aromatic nitrogens is 3. The van der Waals surface area contributed by atoms with Crippen LogP contribution >= 0.6 is 11.3 Å². The minimum Gasteiger partial charge on any atom is -0.308 e. The first kappa shape index (κ1) is 12.9. The highest BCUT2D eigenvalue weighted by molar-refractivity contribution is 7.09. The summed E-state index contributed by atoms with van der Waals surface area (Å²) in [6.45, 7) is 4.12. The number of aryl methyl sites for hydroxylation is 2. The zero-order chi connectivity index (χ0) is 13.0. The van der Waals surface area contributed by atoms with Crippen molar-refractivity contribution in [2.45, 2.75) is 33.1 Å². The average Bonchev–Trinajstić information content (AvgIpc) is 2.75. The molecule has 0 spiro atoms. The van der Waals surface area contributed by atoms with Crippen molar-refractivity contribution in [3.05, 3.63) is 33.7 Å². The van der Waals surface area contributed by atoms with E-state index in [-0.39, 0.29) is 0 Å². The van der Waals surface area contributed by atoms with E-state index in [1.807, 2.05) is 18.4 Å². The number of hydrazine groups is 1. The minimum absolute atomic E-state index is 0.649. The van der Waals surface area contributed by atoms with Crippen LogP contribution in [0.3, 0.4) is 0 Å². The van der Waals surface area contributed by atoms with Crippen LogP contribution in [-0.2, 0) is 12.8 Å². The van der Waals surface area contributed by atoms with Gasteiger partial charge in [0, 0.05) is 17.1 Å². The Morgan fingerprint density at radius 3 is 2.72 bits per heavy atom. The molecule has 0 aliphatic carbocycles. The summed E-state index contributed by atoms with van der Waals surface area (Å²) in [7, 11) is 0. The predicted octanol–water partition coefficient (Wildman–Crippen LogP) is 2.07. The maximum atomic E-state index is 5.43. The number of thiazole rings is 1. The Morgan fingerprint density at radius 1 is 1.28 bits per heavy atom. The van der Waals surface area contributed by atoms with E-state index in [9.17, 15) is 0 Å². The van der Waals surface area contributed by atoms with E-state index >= 15 is 0 Å². The second-order valence-corrected chi connectivity index (χ2v) is 5.15. The van der Waals surface area contributed by atoms with E-state index in [0.29, 0.717) is 12.2 Å². The zero-order valence-corrected chi connectivity index (χ0v) is 11.4. The van der Waals surface area contributed by atoms with Gasteiger partial charge >= 0.3 is 0 Å². The van der Waals surface area contributed by atoms with Crippen LogP contribution in [0.25, 0.3) is 0 Å². The van der Waals surface area contributed by atoms with Crippen LogP contribution in [0, 0.1) is 6.92 Å². The van der Waals surface area contributed by atoms with Gasteiger partial charge in [0.25, 0.3) is 0 Å². The van der Waals surface area contributed by atoms with Gasteiger partial charge in [0.1, 0.15) is 11.6 Å². The fraction of sp³-hybridized carbons (Fsp3) is 0.417. The molecule has 3 N–H and O–H groups in total. The second kappa shape index (κ2) is 5.88. The SMILES string of the molecule is CCCc1cc(NN)nc(Cc2csc(C)n2)n1. The lowest BCUT2D eigenvalue weighted by molar-refractivity contribution is 0.837. The van der Waals surface area contributed by atoms with Crippen LogP contribution in [0.2, 0.25) is 0 Å². The van der Waals surface area contributed by atoms with Crippen molar-refractivity contribution in [1.29, 1.82) is 0 Å². The van der Waals surface area contributed by atoms with Crippen LogP contribution in [0.5, 0.6) is 0 Å². The monoisotopic (exact) mass is 263 g/mol. The van der Waals surface area contributed by atoms with Crippen molar-refractivity contribution in [3.8, 4) is 0 Å². The molecule has 0 saturated heterocycles. The normalized spacial score (nSPS) is 10.6. The maximum absolute atomic E-state index is 5.43. The summed E-state index contributed by atoms with van der Waals surface area (Å²) in [4.78, 5) is 13.3. The lowest BCUT2D eigenvalue weighted by atomic mass is 10.2. The summed E-state index contributed by atoms with van der Waals surface area (Å²) in [5.41, 5.74) is 4.61. The number of anilines is 1. The number of hydrogen-bond donors (Lipinski definition) is 2. The molecule has 0 amide bonds. The molecule has 0 aliphatic rings. The largest absolute Gasteiger partial charge is 0.308 e. The number of nitrogens with one attached hydrogen (secondary N) is 1. The molecule has 96 valence electrons. The van der Waals surface area contributed by atoms with Gasteiger partial charge in [-0.15, -0.1) is 11.3 Å². The molecule has 0 bridgehead atoms. The van der Waals surface area contributed by atoms with Crippen molar-refractivity contribution in [2.24, 2.45) is 5.84 Å². The molecule has 2 heterocycles. The molecule has 2 rings (SSSR count). The molecule has 0 unspecified atom stereocenters. The summed E-state index contributed by atoms with van der Waals surface area (Å²) in [5, 5.41) is 3.10. The Bertz CT molecular complexity index is 523. The van der Waals surface area contributed by atoms with Crippen LogP contribution in [0.15, 0.2) is 11.4 Å². The Morgan fingerprint density at radius 2 is 2.11 bits per heavy atom. The number of rotatable bonds is 5. The molecule has 2 aromatic heterocycles. The first-order valence-corrected chi connectivity index (χ1v) is 6.83. The number of hydrogen-bond acceptors (Lipinski definition) is 6. The van der Waals surface area contributed by atoms with Crippen LogP contribution in [-0.4, -0.2) is 15.0 Å². The van der Waals surface area contributed by atoms with Crippen molar-refractivity contribution < 1.29 is 0 Å². The molecule has 0 fully saturated rings. The van der Waals surface area contributed by atoms with Crippen molar-refractivity contribution in [1.82, 2.24) is 15.0 Å². The molecule has 0 atom stereocenters. The highest BCUT2D eigenvalue weighted by Crippen LogP contribution is 2.13. The molecule has 6 heteroatoms. The van der Waals surface area contributed by atoms with Gasteiger partial charge in [-0.05, 0) is 13.3 Å². The van der Waals surface area contributed by atoms with E-state index in [1.165, 1.54) is 0 Å². The summed E-state index contributed by atoms with van der Waals surface area (Å²) in [6.07, 6.45) is 2.63. The predicted molar refractivity (Wildman–Crippen MR) is 73.5 cm³/mol. The minimum atomic E-state index is 0.649. The van der Waals surface area contributed by atoms with E-state index in [1.54, 1.807) is 11.3 Å². The molecular formula is C12H17N5S. The standard InChI is InChI=1S/C12H17N5S/c1-3-4-9-5-12(17-13)16-11(15-9)6-10-7-18-8(2)14-10/h5,7H,3-4,6,13H2,1-2H3,(H,15,16,17). The molecule has 0 saturated carbocycles. The van der Waals surface area contributed by atoms with Gasteiger partial charge in [-0.2, -0.15) is 0 Å². The number of nitrogens with zero attached hydrogens (tertiary/aromatic N) is 3. The molecule has 0 aromatic carbocycles. The number of nitrogen functional groups attached to an aromatic ring is 1. The van der Waals surface area contributed by atoms with E-state index in [2.05, 4.69) is 27.3 Å². The van der Waals surface area contributed by atoms with Gasteiger partial charge in [-0.1, -0.05) is 13.3 Å². The number of nitrogens with two attached hydrogens (primary N) is 1. The third-order valence-electron chi connectivity index (χ3n) is 2.49. The third-order valence-corrected chi connectivity index (χ3v) is 3.31. The van der Waals surface area contributed by atoms with Gasteiger partial charge in [-0.3, -0.25) is 0 Å². The Balaban J connectivity index is 2.23. The van der Waals surface area contributed by atoms with Gasteiger partial charge in [0.2, 0.25) is 0 Å². The highest BCUT2D eigenvalue weighted by atomic mass is 32.1. The molecule has 2 aromatic rings. The van der Waals surface area contributed by atoms with Gasteiger partial charge < -0.3 is 5.43 Å². The molecule has 0 aliphatic heterocycles. The Kier molecular flexibility index (Phi) is 4.22. The van der Waals surface area contributed by atoms with Gasteiger partial charge in [-0.25, -0.2) is 20.8 Å². The van der Waals surface area contributed by atoms with E-state index in [0.717, 1.165) is 35.1 Å². The Hall–Kier alpha value is -1.53. The van der Waals surface area contributed by atoms with Crippen molar-refractivity contribution in [3.63, 3.8) is 0 Å². The molecular weight excluding hydrogens is 246 g/mol. The van der Waals surface area contributed by atoms with Crippen LogP contribution in [0.4, 0.5) is 5.82 Å². The maximum Gasteiger partial charge on any atom is 0.143 e. The topological polar surface area (TPSA) is 76.7 Å². The third kappa shape index (κ3) is 3.24. The Labute approximate surface area is 110 Å². The van der Waals surface area contributed by atoms with Crippen molar-refractivity contribution in [2.75, 3.05) is 5.43 Å². The molecule has 18 heavy (non-hydrogen) atoms. The summed E-state index contributed by atoms with van der Waals surface area (Å²) in [5.74, 6) is 6.85. The van der Waals surface area contributed by atoms with Crippen LogP contribution in [0.1, 0.15) is 35.6 Å². The lowest BCUT2D eigenvalue weighted by Gasteiger charge is -2.06. The highest BCUT2D eigenvalue weighted by Gasteiger charge is 2.07. The summed E-state index contributed by atoms with van der Waals surface area (Å²) >= 11 is 1.64. The molecule has 5 nitrogen and oxygen atoms in total. The second-order valence-electron chi connectivity index (χ2n) is 4.09. The van der Waals surface area contributed by atoms with Crippen molar-refractivity contribution >= 4 is 17.2 Å². The van der Waals surface area contributed by atoms with Gasteiger partial charge in [0.15, 0.2) is 0 Å². The smallest absolute Gasteiger partial charge is 0.143 e. The lowest BCUT2D eigenvalue weighted by Crippen LogP contribution is -2.12. The zero-order valence-electron chi connectivity index (χ0n) is 10.6. The van der Waals surface area contributed by atoms with E-state index < -0.39 is 0 Å². The fourth-order valence-corrected chi connectivity index (χ4v) is 2.35. The summed E-state index contributed by atoms with van der Waals surface area (Å²) < 4.78 is 0. The summed E-state index contributed by atoms with van der Waals surface area (Å²) in [6, 6.07) is 1.89. The average molecular weight is 263 g/mol. The first-order valence-electron chi connectivity index (χ1n) is 5.95. The van der Waals surface area contributed by atoms with Crippen LogP contribution < -0.4 is 11.3 Å². The van der Waals surface area contributed by atoms with Gasteiger partial charge in [0.05, 0.1) is 17.1 Å². The molecule has 0 radical (unpaired) electrons. The fourth-order valence-electron chi connectivity index (χ4n) is 1.74. The quantitative estimate of drug-likeness (QED) is 0.638.